The molecule has 10 heteroatoms. The number of benzene rings is 2. The maximum atomic E-state index is 13.0. The van der Waals surface area contributed by atoms with Crippen LogP contribution in [-0.4, -0.2) is 64.8 Å². The Morgan fingerprint density at radius 1 is 1.12 bits per heavy atom. The van der Waals surface area contributed by atoms with Crippen LogP contribution in [0.2, 0.25) is 0 Å². The SMILES string of the molecule is CCOC(=O)C[S+]([O-])c1ccc(C(=O)N2CCN(c3cccc(C)c3)CC2)cc1[N+](=O)[O-]. The lowest BCUT2D eigenvalue weighted by atomic mass is 10.1. The summed E-state index contributed by atoms with van der Waals surface area (Å²) in [6.45, 7) is 6.04. The predicted octanol–water partition coefficient (Wildman–Crippen LogP) is 2.54. The van der Waals surface area contributed by atoms with Gasteiger partial charge >= 0.3 is 11.7 Å². The van der Waals surface area contributed by atoms with Gasteiger partial charge in [-0.15, -0.1) is 0 Å². The number of nitrogens with zero attached hydrogens (tertiary/aromatic N) is 3. The molecule has 3 rings (SSSR count). The average Bonchev–Trinajstić information content (AvgIpc) is 2.78. The Balaban J connectivity index is 1.71. The summed E-state index contributed by atoms with van der Waals surface area (Å²) in [5, 5.41) is 11.5. The summed E-state index contributed by atoms with van der Waals surface area (Å²) in [5.74, 6) is -1.51. The second-order valence-corrected chi connectivity index (χ2v) is 8.77. The van der Waals surface area contributed by atoms with Crippen LogP contribution in [0.5, 0.6) is 0 Å². The molecule has 0 N–H and O–H groups in total. The number of carbonyl (C=O) groups is 2. The summed E-state index contributed by atoms with van der Waals surface area (Å²) >= 11 is -1.95. The molecule has 1 fully saturated rings. The minimum atomic E-state index is -1.95. The van der Waals surface area contributed by atoms with Gasteiger partial charge in [0, 0.05) is 60.7 Å². The number of nitro benzene ring substituents is 1. The molecular weight excluding hydrogens is 434 g/mol. The molecule has 9 nitrogen and oxygen atoms in total. The number of ether oxygens (including phenoxy) is 1. The zero-order valence-corrected chi connectivity index (χ0v) is 18.8. The van der Waals surface area contributed by atoms with Crippen molar-refractivity contribution in [3.63, 3.8) is 0 Å². The lowest BCUT2D eigenvalue weighted by molar-refractivity contribution is -0.387. The Labute approximate surface area is 189 Å². The molecule has 1 saturated heterocycles. The minimum Gasteiger partial charge on any atom is -0.611 e. The van der Waals surface area contributed by atoms with Gasteiger partial charge in [-0.1, -0.05) is 12.1 Å². The van der Waals surface area contributed by atoms with Crippen molar-refractivity contribution in [3.05, 3.63) is 63.7 Å². The molecular formula is C22H25N3O6S. The van der Waals surface area contributed by atoms with Gasteiger partial charge in [0.1, 0.15) is 0 Å². The number of anilines is 1. The predicted molar refractivity (Wildman–Crippen MR) is 120 cm³/mol. The molecule has 2 aromatic carbocycles. The number of amides is 1. The zero-order chi connectivity index (χ0) is 23.3. The van der Waals surface area contributed by atoms with Crippen LogP contribution in [0, 0.1) is 17.0 Å². The van der Waals surface area contributed by atoms with Gasteiger partial charge in [0.05, 0.1) is 11.5 Å². The summed E-state index contributed by atoms with van der Waals surface area (Å²) < 4.78 is 17.2. The van der Waals surface area contributed by atoms with Crippen LogP contribution in [0.15, 0.2) is 47.4 Å². The van der Waals surface area contributed by atoms with Crippen molar-refractivity contribution in [1.82, 2.24) is 4.90 Å². The highest BCUT2D eigenvalue weighted by Crippen LogP contribution is 2.27. The van der Waals surface area contributed by atoms with Crippen LogP contribution in [0.1, 0.15) is 22.8 Å². The van der Waals surface area contributed by atoms with Gasteiger partial charge in [0.2, 0.25) is 10.6 Å². The number of aryl methyl sites for hydroxylation is 1. The van der Waals surface area contributed by atoms with Crippen molar-refractivity contribution in [1.29, 1.82) is 0 Å². The van der Waals surface area contributed by atoms with Crippen LogP contribution >= 0.6 is 0 Å². The number of nitro groups is 1. The van der Waals surface area contributed by atoms with E-state index in [0.29, 0.717) is 26.2 Å². The summed E-state index contributed by atoms with van der Waals surface area (Å²) in [7, 11) is 0. The Hall–Kier alpha value is -3.11. The largest absolute Gasteiger partial charge is 0.611 e. The zero-order valence-electron chi connectivity index (χ0n) is 18.0. The molecule has 1 atom stereocenters. The number of rotatable bonds is 7. The maximum Gasteiger partial charge on any atom is 0.356 e. The number of piperazine rings is 1. The van der Waals surface area contributed by atoms with Crippen LogP contribution in [-0.2, 0) is 20.7 Å². The molecule has 1 aliphatic rings. The van der Waals surface area contributed by atoms with Crippen molar-refractivity contribution in [3.8, 4) is 0 Å². The van der Waals surface area contributed by atoms with Crippen LogP contribution in [0.4, 0.5) is 11.4 Å². The van der Waals surface area contributed by atoms with Crippen molar-refractivity contribution in [2.45, 2.75) is 18.7 Å². The fourth-order valence-corrected chi connectivity index (χ4v) is 4.59. The molecule has 1 heterocycles. The maximum absolute atomic E-state index is 13.0. The highest BCUT2D eigenvalue weighted by Gasteiger charge is 2.30. The summed E-state index contributed by atoms with van der Waals surface area (Å²) in [6, 6.07) is 12.0. The Kier molecular flexibility index (Phi) is 7.70. The van der Waals surface area contributed by atoms with E-state index in [1.54, 1.807) is 11.8 Å². The van der Waals surface area contributed by atoms with Gasteiger partial charge in [-0.05, 0) is 37.6 Å². The topological polar surface area (TPSA) is 116 Å². The first-order valence-corrected chi connectivity index (χ1v) is 11.6. The molecule has 2 aromatic rings. The third-order valence-corrected chi connectivity index (χ3v) is 6.47. The van der Waals surface area contributed by atoms with Gasteiger partial charge in [-0.2, -0.15) is 0 Å². The fraction of sp³-hybridized carbons (Fsp3) is 0.364. The van der Waals surface area contributed by atoms with E-state index < -0.39 is 33.5 Å². The molecule has 32 heavy (non-hydrogen) atoms. The molecule has 0 bridgehead atoms. The van der Waals surface area contributed by atoms with E-state index in [1.165, 1.54) is 12.1 Å². The van der Waals surface area contributed by atoms with Gasteiger partial charge in [0.15, 0.2) is 0 Å². The fourth-order valence-electron chi connectivity index (χ4n) is 3.55. The highest BCUT2D eigenvalue weighted by atomic mass is 32.2. The van der Waals surface area contributed by atoms with Gasteiger partial charge in [0.25, 0.3) is 5.91 Å². The Morgan fingerprint density at radius 2 is 1.84 bits per heavy atom. The number of carbonyl (C=O) groups excluding carboxylic acids is 2. The van der Waals surface area contributed by atoms with Gasteiger partial charge < -0.3 is 19.1 Å². The normalized spacial score (nSPS) is 14.7. The van der Waals surface area contributed by atoms with Gasteiger partial charge in [-0.3, -0.25) is 14.9 Å². The van der Waals surface area contributed by atoms with E-state index in [9.17, 15) is 24.3 Å². The van der Waals surface area contributed by atoms with Crippen molar-refractivity contribution >= 4 is 34.4 Å². The third-order valence-electron chi connectivity index (χ3n) is 5.14. The first-order chi connectivity index (χ1) is 15.3. The third kappa shape index (κ3) is 5.57. The lowest BCUT2D eigenvalue weighted by Crippen LogP contribution is -2.48. The average molecular weight is 460 g/mol. The Morgan fingerprint density at radius 3 is 2.47 bits per heavy atom. The van der Waals surface area contributed by atoms with Crippen molar-refractivity contribution in [2.24, 2.45) is 0 Å². The quantitative estimate of drug-likeness (QED) is 0.270. The van der Waals surface area contributed by atoms with Crippen molar-refractivity contribution in [2.75, 3.05) is 43.4 Å². The molecule has 0 spiro atoms. The minimum absolute atomic E-state index is 0.108. The molecule has 170 valence electrons. The van der Waals surface area contributed by atoms with E-state index >= 15 is 0 Å². The number of hydrogen-bond donors (Lipinski definition) is 0. The Bertz CT molecular complexity index is 1010. The molecule has 0 aliphatic carbocycles. The van der Waals surface area contributed by atoms with E-state index in [1.807, 2.05) is 25.1 Å². The summed E-state index contributed by atoms with van der Waals surface area (Å²) in [4.78, 5) is 39.1. The van der Waals surface area contributed by atoms with Crippen LogP contribution in [0.3, 0.4) is 0 Å². The molecule has 1 amide bonds. The number of esters is 1. The molecule has 0 radical (unpaired) electrons. The number of hydrogen-bond acceptors (Lipinski definition) is 7. The van der Waals surface area contributed by atoms with E-state index in [2.05, 4.69) is 11.0 Å². The summed E-state index contributed by atoms with van der Waals surface area (Å²) in [5.41, 5.74) is 1.96. The first-order valence-electron chi connectivity index (χ1n) is 10.2. The van der Waals surface area contributed by atoms with Crippen LogP contribution < -0.4 is 4.90 Å². The van der Waals surface area contributed by atoms with Gasteiger partial charge in [-0.25, -0.2) is 4.79 Å². The monoisotopic (exact) mass is 459 g/mol. The van der Waals surface area contributed by atoms with E-state index in [4.69, 9.17) is 4.74 Å². The van der Waals surface area contributed by atoms with Crippen molar-refractivity contribution < 1.29 is 23.8 Å². The standard InChI is InChI=1S/C22H25N3O6S/c1-3-31-21(26)15-32(30)20-8-7-17(14-19(20)25(28)29)22(27)24-11-9-23(10-12-24)18-6-4-5-16(2)13-18/h4-8,13-14H,3,9-12,15H2,1-2H3. The summed E-state index contributed by atoms with van der Waals surface area (Å²) in [6.07, 6.45) is 0. The molecule has 1 unspecified atom stereocenters. The second kappa shape index (κ2) is 10.5. The first kappa shape index (κ1) is 23.6. The van der Waals surface area contributed by atoms with Crippen LogP contribution in [0.25, 0.3) is 0 Å². The smallest absolute Gasteiger partial charge is 0.356 e. The molecule has 0 aromatic heterocycles. The molecule has 0 saturated carbocycles. The second-order valence-electron chi connectivity index (χ2n) is 7.35. The highest BCUT2D eigenvalue weighted by molar-refractivity contribution is 7.92. The molecule has 1 aliphatic heterocycles. The van der Waals surface area contributed by atoms with E-state index in [-0.39, 0.29) is 23.0 Å². The lowest BCUT2D eigenvalue weighted by Gasteiger charge is -2.36. The van der Waals surface area contributed by atoms with E-state index in [0.717, 1.165) is 17.3 Å².